The molecule has 12 heteroatoms. The van der Waals surface area contributed by atoms with Crippen LogP contribution in [0.5, 0.6) is 11.6 Å². The van der Waals surface area contributed by atoms with Gasteiger partial charge in [-0.05, 0) is 57.6 Å². The molecule has 1 saturated heterocycles. The van der Waals surface area contributed by atoms with Crippen LogP contribution in [0.15, 0.2) is 47.4 Å². The second-order valence-electron chi connectivity index (χ2n) is 9.14. The third kappa shape index (κ3) is 5.42. The summed E-state index contributed by atoms with van der Waals surface area (Å²) in [6.45, 7) is 7.21. The number of anilines is 1. The van der Waals surface area contributed by atoms with E-state index < -0.39 is 16.0 Å². The fourth-order valence-corrected chi connectivity index (χ4v) is 5.81. The van der Waals surface area contributed by atoms with Gasteiger partial charge in [0.25, 0.3) is 5.91 Å². The highest BCUT2D eigenvalue weighted by molar-refractivity contribution is 7.89. The number of aromatic nitrogens is 2. The van der Waals surface area contributed by atoms with Crippen LogP contribution in [0.1, 0.15) is 38.9 Å². The number of rotatable bonds is 8. The van der Waals surface area contributed by atoms with E-state index in [0.29, 0.717) is 38.3 Å². The molecule has 1 aliphatic heterocycles. The van der Waals surface area contributed by atoms with Crippen LogP contribution in [-0.4, -0.2) is 77.6 Å². The molecule has 202 valence electrons. The van der Waals surface area contributed by atoms with E-state index in [9.17, 15) is 23.1 Å². The Balaban J connectivity index is 1.77. The molecule has 0 atom stereocenters. The van der Waals surface area contributed by atoms with E-state index in [0.717, 1.165) is 5.56 Å². The number of hydrogen-bond acceptors (Lipinski definition) is 7. The Morgan fingerprint density at radius 2 is 1.76 bits per heavy atom. The number of sulfonamides is 1. The Morgan fingerprint density at radius 1 is 1.08 bits per heavy atom. The molecule has 4 rings (SSSR count). The lowest BCUT2D eigenvalue weighted by molar-refractivity contribution is 0.0688. The first kappa shape index (κ1) is 27.3. The van der Waals surface area contributed by atoms with Crippen LogP contribution >= 0.6 is 0 Å². The van der Waals surface area contributed by atoms with E-state index >= 15 is 0 Å². The van der Waals surface area contributed by atoms with Crippen molar-refractivity contribution < 1.29 is 27.9 Å². The Hall–Kier alpha value is -3.74. The summed E-state index contributed by atoms with van der Waals surface area (Å²) < 4.78 is 36.5. The summed E-state index contributed by atoms with van der Waals surface area (Å²) in [5.41, 5.74) is 1.64. The number of piperazine rings is 1. The number of aromatic carboxylic acids is 1. The van der Waals surface area contributed by atoms with E-state index in [-0.39, 0.29) is 39.4 Å². The molecule has 1 amide bonds. The zero-order valence-electron chi connectivity index (χ0n) is 21.8. The number of likely N-dealkylation sites (N-methyl/N-ethyl adjacent to an activating group) is 1. The minimum Gasteiger partial charge on any atom is -0.476 e. The number of nitrogens with zero attached hydrogens (tertiary/aromatic N) is 4. The van der Waals surface area contributed by atoms with Gasteiger partial charge in [0.1, 0.15) is 10.6 Å². The minimum atomic E-state index is -4.02. The lowest BCUT2D eigenvalue weighted by Crippen LogP contribution is -2.47. The Morgan fingerprint density at radius 3 is 2.39 bits per heavy atom. The summed E-state index contributed by atoms with van der Waals surface area (Å²) in [4.78, 5) is 26.5. The lowest BCUT2D eigenvalue weighted by Gasteiger charge is -2.32. The maximum atomic E-state index is 13.8. The fraction of sp³-hybridized carbons (Fsp3) is 0.346. The Bertz CT molecular complexity index is 1480. The van der Waals surface area contributed by atoms with Crippen molar-refractivity contribution in [2.75, 3.05) is 38.5 Å². The largest absolute Gasteiger partial charge is 0.476 e. The van der Waals surface area contributed by atoms with Crippen LogP contribution in [0.2, 0.25) is 0 Å². The van der Waals surface area contributed by atoms with Gasteiger partial charge < -0.3 is 20.1 Å². The molecule has 1 fully saturated rings. The van der Waals surface area contributed by atoms with Crippen LogP contribution in [0.25, 0.3) is 0 Å². The molecule has 0 saturated carbocycles. The highest BCUT2D eigenvalue weighted by Crippen LogP contribution is 2.36. The van der Waals surface area contributed by atoms with E-state index in [2.05, 4.69) is 10.4 Å². The molecule has 2 N–H and O–H groups in total. The summed E-state index contributed by atoms with van der Waals surface area (Å²) in [5.74, 6) is -1.44. The lowest BCUT2D eigenvalue weighted by atomic mass is 10.1. The fourth-order valence-electron chi connectivity index (χ4n) is 4.25. The van der Waals surface area contributed by atoms with Crippen molar-refractivity contribution in [1.29, 1.82) is 0 Å². The van der Waals surface area contributed by atoms with E-state index in [1.807, 2.05) is 31.0 Å². The van der Waals surface area contributed by atoms with Crippen molar-refractivity contribution >= 4 is 27.6 Å². The number of carboxylic acid groups (broad SMARTS) is 1. The van der Waals surface area contributed by atoms with Crippen LogP contribution < -0.4 is 10.1 Å². The van der Waals surface area contributed by atoms with Crippen molar-refractivity contribution in [1.82, 2.24) is 19.0 Å². The molecule has 11 nitrogen and oxygen atoms in total. The number of carbonyl (C=O) groups excluding carboxylic acids is 1. The molecule has 2 heterocycles. The van der Waals surface area contributed by atoms with Crippen LogP contribution in [0.4, 0.5) is 5.69 Å². The number of benzene rings is 2. The van der Waals surface area contributed by atoms with Gasteiger partial charge in [0.2, 0.25) is 15.9 Å². The molecular formula is C26H31N5O6S. The second kappa shape index (κ2) is 10.9. The van der Waals surface area contributed by atoms with E-state index in [1.165, 1.54) is 21.1 Å². The molecule has 0 bridgehead atoms. The molecule has 0 unspecified atom stereocenters. The maximum absolute atomic E-state index is 13.8. The smallest absolute Gasteiger partial charge is 0.356 e. The Labute approximate surface area is 221 Å². The molecule has 2 aromatic carbocycles. The number of nitrogens with one attached hydrogen (secondary N) is 1. The van der Waals surface area contributed by atoms with Crippen LogP contribution in [0.3, 0.4) is 0 Å². The summed E-state index contributed by atoms with van der Waals surface area (Å²) in [6, 6.07) is 11.5. The SMILES string of the molecule is CCn1nc(C(=O)O)c(C)c1Oc1ccc(NC(=O)c2ccccc2C)cc1S(=O)(=O)N1CCN(C)CC1. The summed E-state index contributed by atoms with van der Waals surface area (Å²) in [5, 5.41) is 16.4. The van der Waals surface area contributed by atoms with Gasteiger partial charge in [0, 0.05) is 49.5 Å². The molecule has 3 aromatic rings. The number of ether oxygens (including phenoxy) is 1. The predicted octanol–water partition coefficient (Wildman–Crippen LogP) is 3.20. The number of amides is 1. The second-order valence-corrected chi connectivity index (χ2v) is 11.0. The third-order valence-corrected chi connectivity index (χ3v) is 8.43. The summed E-state index contributed by atoms with van der Waals surface area (Å²) >= 11 is 0. The van der Waals surface area contributed by atoms with Gasteiger partial charge in [0.15, 0.2) is 5.69 Å². The molecule has 38 heavy (non-hydrogen) atoms. The maximum Gasteiger partial charge on any atom is 0.356 e. The van der Waals surface area contributed by atoms with E-state index in [4.69, 9.17) is 4.74 Å². The van der Waals surface area contributed by atoms with Crippen molar-refractivity contribution in [3.05, 3.63) is 64.8 Å². The van der Waals surface area contributed by atoms with Gasteiger partial charge in [0.05, 0.1) is 0 Å². The average molecular weight is 542 g/mol. The standard InChI is InChI=1S/C26H31N5O6S/c1-5-31-25(18(3)23(28-31)26(33)34)37-21-11-10-19(27-24(32)20-9-7-6-8-17(20)2)16-22(21)38(35,36)30-14-12-29(4)13-15-30/h6-11,16H,5,12-15H2,1-4H3,(H,27,32)(H,33,34). The van der Waals surface area contributed by atoms with Gasteiger partial charge >= 0.3 is 5.97 Å². The van der Waals surface area contributed by atoms with Crippen LogP contribution in [0, 0.1) is 13.8 Å². The summed E-state index contributed by atoms with van der Waals surface area (Å²) in [6.07, 6.45) is 0. The van der Waals surface area contributed by atoms with Crippen molar-refractivity contribution in [3.63, 3.8) is 0 Å². The molecular weight excluding hydrogens is 510 g/mol. The molecule has 1 aromatic heterocycles. The van der Waals surface area contributed by atoms with Crippen molar-refractivity contribution in [2.45, 2.75) is 32.2 Å². The van der Waals surface area contributed by atoms with Gasteiger partial charge in [-0.15, -0.1) is 0 Å². The zero-order valence-corrected chi connectivity index (χ0v) is 22.6. The topological polar surface area (TPSA) is 134 Å². The summed E-state index contributed by atoms with van der Waals surface area (Å²) in [7, 11) is -2.10. The first-order valence-electron chi connectivity index (χ1n) is 12.2. The minimum absolute atomic E-state index is 0.00691. The number of carboxylic acids is 1. The molecule has 0 radical (unpaired) electrons. The highest BCUT2D eigenvalue weighted by Gasteiger charge is 2.32. The van der Waals surface area contributed by atoms with Gasteiger partial charge in [-0.2, -0.15) is 9.40 Å². The quantitative estimate of drug-likeness (QED) is 0.444. The monoisotopic (exact) mass is 541 g/mol. The van der Waals surface area contributed by atoms with Crippen molar-refractivity contribution in [2.24, 2.45) is 0 Å². The van der Waals surface area contributed by atoms with E-state index in [1.54, 1.807) is 32.0 Å². The third-order valence-electron chi connectivity index (χ3n) is 6.51. The highest BCUT2D eigenvalue weighted by atomic mass is 32.2. The first-order valence-corrected chi connectivity index (χ1v) is 13.6. The number of hydrogen-bond donors (Lipinski definition) is 2. The Kier molecular flexibility index (Phi) is 7.86. The molecule has 1 aliphatic rings. The van der Waals surface area contributed by atoms with Crippen molar-refractivity contribution in [3.8, 4) is 11.6 Å². The van der Waals surface area contributed by atoms with Crippen LogP contribution in [-0.2, 0) is 16.6 Å². The normalized spacial score (nSPS) is 14.8. The van der Waals surface area contributed by atoms with Gasteiger partial charge in [-0.3, -0.25) is 4.79 Å². The average Bonchev–Trinajstić information content (AvgIpc) is 3.20. The van der Waals surface area contributed by atoms with Gasteiger partial charge in [-0.25, -0.2) is 17.9 Å². The van der Waals surface area contributed by atoms with Gasteiger partial charge in [-0.1, -0.05) is 18.2 Å². The molecule has 0 spiro atoms. The molecule has 0 aliphatic carbocycles. The predicted molar refractivity (Wildman–Crippen MR) is 142 cm³/mol. The number of aryl methyl sites for hydroxylation is 2. The zero-order chi connectivity index (χ0) is 27.6. The first-order chi connectivity index (χ1) is 18.0. The number of carbonyl (C=O) groups is 2.